The molecule has 0 saturated heterocycles. The van der Waals surface area contributed by atoms with Crippen LogP contribution in [0.4, 0.5) is 5.69 Å². The highest BCUT2D eigenvalue weighted by Gasteiger charge is 2.20. The molecule has 5 N–H and O–H groups in total. The van der Waals surface area contributed by atoms with Gasteiger partial charge in [-0.25, -0.2) is 14.8 Å². The average Bonchev–Trinajstić information content (AvgIpc) is 3.33. The van der Waals surface area contributed by atoms with Crippen molar-refractivity contribution in [1.82, 2.24) is 25.6 Å². The van der Waals surface area contributed by atoms with Gasteiger partial charge in [-0.1, -0.05) is 36.4 Å². The predicted octanol–water partition coefficient (Wildman–Crippen LogP) is 2.32. The second-order valence-corrected chi connectivity index (χ2v) is 7.82. The molecule has 11 heteroatoms. The first kappa shape index (κ1) is 24.4. The van der Waals surface area contributed by atoms with Crippen LogP contribution in [0.2, 0.25) is 0 Å². The minimum atomic E-state index is -1.15. The molecule has 0 fully saturated rings. The molecule has 0 atom stereocenters. The van der Waals surface area contributed by atoms with Crippen molar-refractivity contribution < 1.29 is 24.2 Å². The molecule has 1 aliphatic rings. The molecule has 0 spiro atoms. The number of benzene rings is 2. The quantitative estimate of drug-likeness (QED) is 0.277. The van der Waals surface area contributed by atoms with Crippen LogP contribution in [0.1, 0.15) is 32.0 Å². The van der Waals surface area contributed by atoms with Crippen molar-refractivity contribution in [2.24, 2.45) is 0 Å². The molecule has 0 radical (unpaired) electrons. The van der Waals surface area contributed by atoms with E-state index in [1.165, 1.54) is 11.8 Å². The first-order valence-corrected chi connectivity index (χ1v) is 11.0. The summed E-state index contributed by atoms with van der Waals surface area (Å²) in [5.41, 5.74) is 3.04. The predicted molar refractivity (Wildman–Crippen MR) is 132 cm³/mol. The summed E-state index contributed by atoms with van der Waals surface area (Å²) in [4.78, 5) is 45.7. The zero-order chi connectivity index (χ0) is 25.5. The standard InChI is InChI=1S/C17H13N5O5.C8H11N/c23-12-6-27-11-2-1-8(3-10(11)22-12)4-19-16(24)15-14-13(20-7-21-15)9(5-18-14)17(25)26;1-9-7-8-5-3-2-4-6-8/h1-3,5,7,18H,4,6H2,(H,19,24)(H,22,23)(H,25,26);2-6,9H,7H2,1H3. The molecule has 36 heavy (non-hydrogen) atoms. The molecule has 5 rings (SSSR count). The van der Waals surface area contributed by atoms with Gasteiger partial charge in [0.1, 0.15) is 23.2 Å². The summed E-state index contributed by atoms with van der Waals surface area (Å²) in [5, 5.41) is 17.6. The third-order valence-corrected chi connectivity index (χ3v) is 5.26. The van der Waals surface area contributed by atoms with Crippen molar-refractivity contribution in [2.75, 3.05) is 19.0 Å². The highest BCUT2D eigenvalue weighted by Crippen LogP contribution is 2.28. The summed E-state index contributed by atoms with van der Waals surface area (Å²) >= 11 is 0. The van der Waals surface area contributed by atoms with Crippen LogP contribution in [0.15, 0.2) is 61.1 Å². The molecular formula is C25H24N6O5. The van der Waals surface area contributed by atoms with E-state index in [0.717, 1.165) is 18.4 Å². The number of amides is 2. The third kappa shape index (κ3) is 5.65. The van der Waals surface area contributed by atoms with Gasteiger partial charge in [0, 0.05) is 19.3 Å². The molecule has 1 aliphatic heterocycles. The first-order valence-electron chi connectivity index (χ1n) is 11.0. The number of anilines is 1. The summed E-state index contributed by atoms with van der Waals surface area (Å²) in [5.74, 6) is -1.31. The van der Waals surface area contributed by atoms with Crippen LogP contribution in [-0.2, 0) is 17.9 Å². The largest absolute Gasteiger partial charge is 0.482 e. The average molecular weight is 489 g/mol. The van der Waals surface area contributed by atoms with E-state index in [1.807, 2.05) is 25.2 Å². The smallest absolute Gasteiger partial charge is 0.339 e. The minimum Gasteiger partial charge on any atom is -0.482 e. The zero-order valence-electron chi connectivity index (χ0n) is 19.4. The molecule has 0 bridgehead atoms. The van der Waals surface area contributed by atoms with E-state index in [4.69, 9.17) is 9.84 Å². The van der Waals surface area contributed by atoms with Crippen molar-refractivity contribution in [2.45, 2.75) is 13.1 Å². The van der Waals surface area contributed by atoms with Crippen LogP contribution in [-0.4, -0.2) is 51.5 Å². The molecule has 4 aromatic rings. The van der Waals surface area contributed by atoms with Gasteiger partial charge in [0.25, 0.3) is 11.8 Å². The number of hydrogen-bond donors (Lipinski definition) is 5. The normalized spacial score (nSPS) is 12.0. The van der Waals surface area contributed by atoms with E-state index in [1.54, 1.807) is 18.2 Å². The molecule has 2 aromatic heterocycles. The van der Waals surface area contributed by atoms with Gasteiger partial charge in [-0.3, -0.25) is 9.59 Å². The van der Waals surface area contributed by atoms with Gasteiger partial charge in [-0.2, -0.15) is 0 Å². The van der Waals surface area contributed by atoms with E-state index < -0.39 is 11.9 Å². The van der Waals surface area contributed by atoms with Crippen molar-refractivity contribution in [3.8, 4) is 5.75 Å². The second-order valence-electron chi connectivity index (χ2n) is 7.82. The van der Waals surface area contributed by atoms with E-state index in [-0.39, 0.29) is 41.3 Å². The number of ether oxygens (including phenoxy) is 1. The number of aromatic amines is 1. The van der Waals surface area contributed by atoms with Gasteiger partial charge in [0.15, 0.2) is 12.3 Å². The van der Waals surface area contributed by atoms with Crippen LogP contribution in [0.25, 0.3) is 11.0 Å². The Morgan fingerprint density at radius 3 is 2.64 bits per heavy atom. The summed E-state index contributed by atoms with van der Waals surface area (Å²) in [6, 6.07) is 15.5. The lowest BCUT2D eigenvalue weighted by Gasteiger charge is -2.18. The number of rotatable bonds is 6. The Hall–Kier alpha value is -4.77. The number of carboxylic acids is 1. The van der Waals surface area contributed by atoms with E-state index in [0.29, 0.717) is 11.4 Å². The van der Waals surface area contributed by atoms with Crippen LogP contribution in [0.5, 0.6) is 5.75 Å². The van der Waals surface area contributed by atoms with Gasteiger partial charge in [-0.05, 0) is 30.3 Å². The fourth-order valence-electron chi connectivity index (χ4n) is 3.58. The number of carbonyl (C=O) groups is 3. The lowest BCUT2D eigenvalue weighted by molar-refractivity contribution is -0.118. The first-order chi connectivity index (χ1) is 17.5. The Morgan fingerprint density at radius 1 is 1.08 bits per heavy atom. The lowest BCUT2D eigenvalue weighted by atomic mass is 10.1. The molecular weight excluding hydrogens is 464 g/mol. The number of carboxylic acid groups (broad SMARTS) is 1. The lowest BCUT2D eigenvalue weighted by Crippen LogP contribution is -2.26. The van der Waals surface area contributed by atoms with E-state index in [2.05, 4.69) is 43.0 Å². The van der Waals surface area contributed by atoms with Crippen LogP contribution in [0, 0.1) is 0 Å². The molecule has 2 aromatic carbocycles. The van der Waals surface area contributed by atoms with Crippen LogP contribution in [0.3, 0.4) is 0 Å². The molecule has 184 valence electrons. The molecule has 0 aliphatic carbocycles. The fourth-order valence-corrected chi connectivity index (χ4v) is 3.58. The van der Waals surface area contributed by atoms with Gasteiger partial charge in [0.05, 0.1) is 11.2 Å². The molecule has 0 unspecified atom stereocenters. The number of H-pyrrole nitrogens is 1. The van der Waals surface area contributed by atoms with Crippen molar-refractivity contribution in [3.63, 3.8) is 0 Å². The van der Waals surface area contributed by atoms with Crippen molar-refractivity contribution >= 4 is 34.5 Å². The fraction of sp³-hybridized carbons (Fsp3) is 0.160. The minimum absolute atomic E-state index is 0.0265. The van der Waals surface area contributed by atoms with Gasteiger partial charge >= 0.3 is 5.97 Å². The van der Waals surface area contributed by atoms with Gasteiger partial charge in [0.2, 0.25) is 0 Å². The number of hydrogen-bond acceptors (Lipinski definition) is 7. The maximum atomic E-state index is 12.5. The van der Waals surface area contributed by atoms with E-state index >= 15 is 0 Å². The zero-order valence-corrected chi connectivity index (χ0v) is 19.4. The molecule has 11 nitrogen and oxygen atoms in total. The highest BCUT2D eigenvalue weighted by molar-refractivity contribution is 6.08. The summed E-state index contributed by atoms with van der Waals surface area (Å²) in [6.45, 7) is 1.11. The van der Waals surface area contributed by atoms with Gasteiger partial charge < -0.3 is 30.8 Å². The maximum Gasteiger partial charge on any atom is 0.339 e. The Morgan fingerprint density at radius 2 is 1.89 bits per heavy atom. The highest BCUT2D eigenvalue weighted by atomic mass is 16.5. The Balaban J connectivity index is 0.000000286. The van der Waals surface area contributed by atoms with Crippen LogP contribution >= 0.6 is 0 Å². The summed E-state index contributed by atoms with van der Waals surface area (Å²) in [7, 11) is 1.95. The topological polar surface area (TPSA) is 158 Å². The maximum absolute atomic E-state index is 12.5. The van der Waals surface area contributed by atoms with Crippen LogP contribution < -0.4 is 20.7 Å². The Bertz CT molecular complexity index is 1400. The van der Waals surface area contributed by atoms with E-state index in [9.17, 15) is 14.4 Å². The number of nitrogens with zero attached hydrogens (tertiary/aromatic N) is 2. The second kappa shape index (κ2) is 11.1. The Kier molecular flexibility index (Phi) is 7.51. The Labute approximate surface area is 205 Å². The summed E-state index contributed by atoms with van der Waals surface area (Å²) < 4.78 is 5.29. The molecule has 0 saturated carbocycles. The van der Waals surface area contributed by atoms with Gasteiger partial charge in [-0.15, -0.1) is 0 Å². The molecule has 2 amide bonds. The van der Waals surface area contributed by atoms with Crippen molar-refractivity contribution in [1.29, 1.82) is 0 Å². The number of aromatic carboxylic acids is 1. The number of carbonyl (C=O) groups excluding carboxylic acids is 2. The molecule has 3 heterocycles. The van der Waals surface area contributed by atoms with Crippen molar-refractivity contribution in [3.05, 3.63) is 83.4 Å². The number of fused-ring (bicyclic) bond motifs is 2. The summed E-state index contributed by atoms with van der Waals surface area (Å²) in [6.07, 6.45) is 2.41. The monoisotopic (exact) mass is 488 g/mol. The number of aromatic nitrogens is 3. The number of nitrogens with one attached hydrogen (secondary N) is 4. The third-order valence-electron chi connectivity index (χ3n) is 5.26. The SMILES string of the molecule is CNCc1ccccc1.O=C1COc2ccc(CNC(=O)c3ncnc4c(C(=O)O)c[nH]c34)cc2N1.